The summed E-state index contributed by atoms with van der Waals surface area (Å²) in [7, 11) is 0. The molecular formula is C21H16Cl2N4O3S2. The van der Waals surface area contributed by atoms with E-state index < -0.39 is 5.92 Å². The number of ketones is 1. The smallest absolute Gasteiger partial charge is 0.231 e. The van der Waals surface area contributed by atoms with Gasteiger partial charge < -0.3 is 10.2 Å². The molecule has 0 radical (unpaired) electrons. The minimum Gasteiger partial charge on any atom is -0.312 e. The normalized spacial score (nSPS) is 15.8. The lowest BCUT2D eigenvalue weighted by atomic mass is 10.1. The average molecular weight is 507 g/mol. The second-order valence-corrected chi connectivity index (χ2v) is 10.0. The van der Waals surface area contributed by atoms with E-state index in [1.807, 2.05) is 0 Å². The van der Waals surface area contributed by atoms with Crippen molar-refractivity contribution in [3.8, 4) is 0 Å². The number of nitrogens with one attached hydrogen (secondary N) is 1. The van der Waals surface area contributed by atoms with Crippen LogP contribution in [0.15, 0.2) is 52.9 Å². The third kappa shape index (κ3) is 5.47. The van der Waals surface area contributed by atoms with Gasteiger partial charge in [-0.1, -0.05) is 46.3 Å². The number of nitrogens with zero attached hydrogens (tertiary/aromatic N) is 3. The molecule has 0 bridgehead atoms. The molecule has 2 amide bonds. The van der Waals surface area contributed by atoms with Gasteiger partial charge in [0.05, 0.1) is 11.7 Å². The van der Waals surface area contributed by atoms with Crippen molar-refractivity contribution in [1.82, 2.24) is 10.2 Å². The number of carbonyl (C=O) groups excluding carboxylic acids is 3. The van der Waals surface area contributed by atoms with E-state index in [0.29, 0.717) is 30.8 Å². The maximum atomic E-state index is 12.6. The molecule has 0 aliphatic carbocycles. The van der Waals surface area contributed by atoms with Gasteiger partial charge in [0.1, 0.15) is 0 Å². The number of rotatable bonds is 7. The van der Waals surface area contributed by atoms with Crippen LogP contribution in [0.25, 0.3) is 0 Å². The Morgan fingerprint density at radius 1 is 1.06 bits per heavy atom. The Kier molecular flexibility index (Phi) is 7.10. The van der Waals surface area contributed by atoms with Crippen LogP contribution < -0.4 is 10.2 Å². The Morgan fingerprint density at radius 2 is 1.72 bits per heavy atom. The highest BCUT2D eigenvalue weighted by atomic mass is 35.5. The number of anilines is 2. The molecule has 3 aromatic rings. The molecule has 2 aromatic carbocycles. The second kappa shape index (κ2) is 9.99. The molecule has 1 unspecified atom stereocenters. The number of Topliss-reactive ketones (excluding diaryl/α,β-unsaturated/α-hetero) is 1. The summed E-state index contributed by atoms with van der Waals surface area (Å²) in [5.74, 6) is -0.775. The molecule has 0 saturated carbocycles. The number of hydrogen-bond acceptors (Lipinski definition) is 7. The van der Waals surface area contributed by atoms with Gasteiger partial charge >= 0.3 is 0 Å². The molecule has 7 nitrogen and oxygen atoms in total. The van der Waals surface area contributed by atoms with E-state index >= 15 is 0 Å². The fraction of sp³-hybridized carbons (Fsp3) is 0.190. The van der Waals surface area contributed by atoms with Gasteiger partial charge in [-0.05, 0) is 48.5 Å². The van der Waals surface area contributed by atoms with E-state index in [-0.39, 0.29) is 36.3 Å². The van der Waals surface area contributed by atoms with E-state index in [4.69, 9.17) is 23.2 Å². The van der Waals surface area contributed by atoms with Crippen LogP contribution in [0.5, 0.6) is 0 Å². The van der Waals surface area contributed by atoms with Crippen LogP contribution in [0.1, 0.15) is 16.8 Å². The summed E-state index contributed by atoms with van der Waals surface area (Å²) >= 11 is 14.2. The van der Waals surface area contributed by atoms with Gasteiger partial charge in [-0.3, -0.25) is 14.4 Å². The van der Waals surface area contributed by atoms with Gasteiger partial charge in [0, 0.05) is 34.3 Å². The summed E-state index contributed by atoms with van der Waals surface area (Å²) in [5.41, 5.74) is 1.27. The van der Waals surface area contributed by atoms with Crippen LogP contribution in [0.2, 0.25) is 10.0 Å². The maximum Gasteiger partial charge on any atom is 0.231 e. The average Bonchev–Trinajstić information content (AvgIpc) is 3.39. The lowest BCUT2D eigenvalue weighted by molar-refractivity contribution is -0.122. The van der Waals surface area contributed by atoms with Crippen molar-refractivity contribution in [3.05, 3.63) is 64.1 Å². The van der Waals surface area contributed by atoms with Gasteiger partial charge in [0.15, 0.2) is 10.1 Å². The van der Waals surface area contributed by atoms with E-state index in [1.165, 1.54) is 23.1 Å². The van der Waals surface area contributed by atoms with Crippen molar-refractivity contribution >= 4 is 74.7 Å². The quantitative estimate of drug-likeness (QED) is 0.280. The van der Waals surface area contributed by atoms with Crippen LogP contribution in [0, 0.1) is 5.92 Å². The topological polar surface area (TPSA) is 92.3 Å². The number of benzene rings is 2. The maximum absolute atomic E-state index is 12.6. The van der Waals surface area contributed by atoms with Gasteiger partial charge in [-0.25, -0.2) is 0 Å². The molecule has 0 spiro atoms. The van der Waals surface area contributed by atoms with Gasteiger partial charge in [-0.2, -0.15) is 0 Å². The molecule has 32 heavy (non-hydrogen) atoms. The highest BCUT2D eigenvalue weighted by molar-refractivity contribution is 8.01. The molecule has 1 aliphatic rings. The number of halogens is 2. The summed E-state index contributed by atoms with van der Waals surface area (Å²) in [6.07, 6.45) is 0.116. The molecule has 1 atom stereocenters. The highest BCUT2D eigenvalue weighted by Gasteiger charge is 2.35. The van der Waals surface area contributed by atoms with Crippen LogP contribution in [0.4, 0.5) is 10.8 Å². The van der Waals surface area contributed by atoms with E-state index in [2.05, 4.69) is 15.5 Å². The van der Waals surface area contributed by atoms with Crippen LogP contribution in [-0.2, 0) is 9.59 Å². The summed E-state index contributed by atoms with van der Waals surface area (Å²) in [6.45, 7) is 0.280. The van der Waals surface area contributed by atoms with Crippen molar-refractivity contribution in [1.29, 1.82) is 0 Å². The first-order valence-corrected chi connectivity index (χ1v) is 12.1. The van der Waals surface area contributed by atoms with Gasteiger partial charge in [0.2, 0.25) is 16.9 Å². The van der Waals surface area contributed by atoms with Gasteiger partial charge in [0.25, 0.3) is 0 Å². The predicted octanol–water partition coefficient (Wildman–Crippen LogP) is 4.81. The van der Waals surface area contributed by atoms with Crippen molar-refractivity contribution in [2.24, 2.45) is 5.92 Å². The first kappa shape index (κ1) is 22.7. The Hall–Kier alpha value is -2.46. The van der Waals surface area contributed by atoms with Crippen molar-refractivity contribution < 1.29 is 14.4 Å². The number of hydrogen-bond donors (Lipinski definition) is 1. The standard InChI is InChI=1S/C21H16Cl2N4O3S2/c22-14-3-1-12(2-4-14)17(28)11-31-21-26-25-20(32-21)24-19(30)13-9-18(29)27(10-13)16-7-5-15(23)6-8-16/h1-8,13H,9-11H2,(H,24,25,30). The van der Waals surface area contributed by atoms with Crippen LogP contribution in [-0.4, -0.2) is 40.1 Å². The largest absolute Gasteiger partial charge is 0.312 e. The molecular weight excluding hydrogens is 491 g/mol. The Bertz CT molecular complexity index is 1150. The van der Waals surface area contributed by atoms with Crippen LogP contribution >= 0.6 is 46.3 Å². The number of aromatic nitrogens is 2. The van der Waals surface area contributed by atoms with Crippen molar-refractivity contribution in [3.63, 3.8) is 0 Å². The minimum atomic E-state index is -0.496. The summed E-state index contributed by atoms with van der Waals surface area (Å²) in [4.78, 5) is 38.8. The number of thioether (sulfide) groups is 1. The molecule has 1 aliphatic heterocycles. The Labute approximate surface area is 202 Å². The number of amides is 2. The fourth-order valence-electron chi connectivity index (χ4n) is 3.13. The molecule has 2 heterocycles. The Balaban J connectivity index is 1.30. The van der Waals surface area contributed by atoms with E-state index in [9.17, 15) is 14.4 Å². The van der Waals surface area contributed by atoms with Crippen molar-refractivity contribution in [2.75, 3.05) is 22.5 Å². The molecule has 11 heteroatoms. The molecule has 1 aromatic heterocycles. The molecule has 1 saturated heterocycles. The second-order valence-electron chi connectivity index (χ2n) is 6.96. The Morgan fingerprint density at radius 3 is 2.41 bits per heavy atom. The van der Waals surface area contributed by atoms with Crippen molar-refractivity contribution in [2.45, 2.75) is 10.8 Å². The zero-order valence-electron chi connectivity index (χ0n) is 16.5. The molecule has 1 fully saturated rings. The van der Waals surface area contributed by atoms with E-state index in [0.717, 1.165) is 0 Å². The lowest BCUT2D eigenvalue weighted by Gasteiger charge is -2.16. The molecule has 164 valence electrons. The monoisotopic (exact) mass is 506 g/mol. The summed E-state index contributed by atoms with van der Waals surface area (Å²) in [6, 6.07) is 13.6. The molecule has 4 rings (SSSR count). The number of carbonyl (C=O) groups is 3. The minimum absolute atomic E-state index is 0.0563. The fourth-order valence-corrected chi connectivity index (χ4v) is 5.03. The first-order valence-electron chi connectivity index (χ1n) is 9.51. The summed E-state index contributed by atoms with van der Waals surface area (Å²) < 4.78 is 0.563. The highest BCUT2D eigenvalue weighted by Crippen LogP contribution is 2.29. The summed E-state index contributed by atoms with van der Waals surface area (Å²) in [5, 5.41) is 12.2. The van der Waals surface area contributed by atoms with E-state index in [1.54, 1.807) is 53.4 Å². The lowest BCUT2D eigenvalue weighted by Crippen LogP contribution is -2.28. The SMILES string of the molecule is O=C(CSc1nnc(NC(=O)C2CC(=O)N(c3ccc(Cl)cc3)C2)s1)c1ccc(Cl)cc1. The van der Waals surface area contributed by atoms with Gasteiger partial charge in [-0.15, -0.1) is 10.2 Å². The first-order chi connectivity index (χ1) is 15.4. The predicted molar refractivity (Wildman–Crippen MR) is 127 cm³/mol. The zero-order chi connectivity index (χ0) is 22.7. The third-order valence-corrected chi connectivity index (χ3v) is 7.24. The molecule has 1 N–H and O–H groups in total. The zero-order valence-corrected chi connectivity index (χ0v) is 19.6. The van der Waals surface area contributed by atoms with Crippen LogP contribution in [0.3, 0.4) is 0 Å². The third-order valence-electron chi connectivity index (χ3n) is 4.76.